The second-order valence-electron chi connectivity index (χ2n) is 2.97. The summed E-state index contributed by atoms with van der Waals surface area (Å²) in [6.07, 6.45) is 4.76. The number of hydrogen-bond donors (Lipinski definition) is 1. The van der Waals surface area contributed by atoms with E-state index in [0.717, 1.165) is 18.1 Å². The topological polar surface area (TPSA) is 37.3 Å². The summed E-state index contributed by atoms with van der Waals surface area (Å²) in [5.74, 6) is 0.609. The fourth-order valence-corrected chi connectivity index (χ4v) is 4.24. The van der Waals surface area contributed by atoms with Gasteiger partial charge < -0.3 is 5.11 Å². The van der Waals surface area contributed by atoms with E-state index >= 15 is 0 Å². The van der Waals surface area contributed by atoms with Gasteiger partial charge in [-0.05, 0) is 19.3 Å². The molecule has 1 aliphatic heterocycles. The van der Waals surface area contributed by atoms with Crippen LogP contribution in [-0.2, 0) is 4.79 Å². The molecular weight excluding hydrogens is 215 g/mol. The average molecular weight is 230 g/mol. The molecule has 0 aromatic carbocycles. The van der Waals surface area contributed by atoms with Crippen molar-refractivity contribution in [1.82, 2.24) is 0 Å². The fraction of sp³-hybridized carbons (Fsp3) is 0.875. The van der Waals surface area contributed by atoms with Gasteiger partial charge in [0.2, 0.25) is 0 Å². The second kappa shape index (κ2) is 8.48. The van der Waals surface area contributed by atoms with Gasteiger partial charge in [-0.2, -0.15) is 0 Å². The Kier molecular flexibility index (Phi) is 9.24. The van der Waals surface area contributed by atoms with Crippen LogP contribution in [0.15, 0.2) is 0 Å². The minimum atomic E-state index is -0.663. The molecule has 0 bridgehead atoms. The molecule has 13 heavy (non-hydrogen) atoms. The molecule has 1 N–H and O–H groups in total. The van der Waals surface area contributed by atoms with E-state index in [9.17, 15) is 4.79 Å². The first kappa shape index (κ1) is 14.2. The van der Waals surface area contributed by atoms with Crippen LogP contribution < -0.4 is 0 Å². The predicted octanol–water partition coefficient (Wildman–Crippen LogP) is 2.14. The third kappa shape index (κ3) is 7.14. The first-order valence-electron chi connectivity index (χ1n) is 4.29. The van der Waals surface area contributed by atoms with E-state index in [1.807, 2.05) is 21.6 Å². The summed E-state index contributed by atoms with van der Waals surface area (Å²) in [5, 5.41) is 9.19. The van der Waals surface area contributed by atoms with Gasteiger partial charge in [-0.15, -0.1) is 0 Å². The fourth-order valence-electron chi connectivity index (χ4n) is 1.21. The van der Waals surface area contributed by atoms with Crippen molar-refractivity contribution >= 4 is 57.1 Å². The number of rotatable bonds is 5. The molecule has 0 amide bonds. The van der Waals surface area contributed by atoms with Crippen molar-refractivity contribution < 1.29 is 9.90 Å². The molecule has 1 atom stereocenters. The van der Waals surface area contributed by atoms with Gasteiger partial charge >= 0.3 is 35.5 Å². The van der Waals surface area contributed by atoms with Gasteiger partial charge in [0.25, 0.3) is 0 Å². The van der Waals surface area contributed by atoms with Gasteiger partial charge in [0.15, 0.2) is 0 Å². The van der Waals surface area contributed by atoms with E-state index in [1.165, 1.54) is 18.6 Å². The molecule has 0 saturated carbocycles. The Morgan fingerprint density at radius 3 is 2.77 bits per heavy atom. The van der Waals surface area contributed by atoms with E-state index in [-0.39, 0.29) is 29.6 Å². The van der Waals surface area contributed by atoms with Crippen molar-refractivity contribution in [3.63, 3.8) is 0 Å². The molecule has 0 unspecified atom stereocenters. The normalized spacial score (nSPS) is 21.1. The van der Waals surface area contributed by atoms with E-state index in [1.54, 1.807) is 0 Å². The summed E-state index contributed by atoms with van der Waals surface area (Å²) in [6.45, 7) is 0. The van der Waals surface area contributed by atoms with Crippen molar-refractivity contribution in [1.29, 1.82) is 0 Å². The Morgan fingerprint density at radius 1 is 1.46 bits per heavy atom. The first-order chi connectivity index (χ1) is 5.79. The van der Waals surface area contributed by atoms with Crippen molar-refractivity contribution in [3.05, 3.63) is 0 Å². The Morgan fingerprint density at radius 2 is 2.23 bits per heavy atom. The summed E-state index contributed by atoms with van der Waals surface area (Å²) in [5.41, 5.74) is 0. The molecule has 0 spiro atoms. The number of carbonyl (C=O) groups is 1. The number of carboxylic acid groups (broad SMARTS) is 1. The van der Waals surface area contributed by atoms with Gasteiger partial charge in [0.05, 0.1) is 0 Å². The first-order valence-corrected chi connectivity index (χ1v) is 6.67. The zero-order chi connectivity index (χ0) is 8.81. The van der Waals surface area contributed by atoms with Crippen LogP contribution in [0.1, 0.15) is 32.1 Å². The summed E-state index contributed by atoms with van der Waals surface area (Å²) in [7, 11) is 3.92. The van der Waals surface area contributed by atoms with Gasteiger partial charge in [-0.3, -0.25) is 4.79 Å². The van der Waals surface area contributed by atoms with Crippen LogP contribution in [-0.4, -0.2) is 51.6 Å². The molecule has 0 aliphatic carbocycles. The maximum absolute atomic E-state index is 10.2. The van der Waals surface area contributed by atoms with Gasteiger partial charge in [0, 0.05) is 17.4 Å². The quantitative estimate of drug-likeness (QED) is 0.446. The molecule has 2 nitrogen and oxygen atoms in total. The van der Waals surface area contributed by atoms with Gasteiger partial charge in [-0.25, -0.2) is 0 Å². The average Bonchev–Trinajstić information content (AvgIpc) is 2.49. The molecule has 0 radical (unpaired) electrons. The van der Waals surface area contributed by atoms with Crippen LogP contribution in [0, 0.1) is 0 Å². The summed E-state index contributed by atoms with van der Waals surface area (Å²) < 4.78 is 0. The van der Waals surface area contributed by atoms with Crippen molar-refractivity contribution in [3.8, 4) is 0 Å². The molecule has 1 heterocycles. The Balaban J connectivity index is 0.00000144. The van der Waals surface area contributed by atoms with Crippen LogP contribution in [0.2, 0.25) is 0 Å². The molecule has 1 fully saturated rings. The van der Waals surface area contributed by atoms with E-state index in [4.69, 9.17) is 5.11 Å². The number of aliphatic carboxylic acids is 1. The minimum absolute atomic E-state index is 0. The predicted molar refractivity (Wildman–Crippen MR) is 61.7 cm³/mol. The molecule has 5 heteroatoms. The van der Waals surface area contributed by atoms with Crippen LogP contribution in [0.25, 0.3) is 0 Å². The molecule has 1 aliphatic rings. The standard InChI is InChI=1S/C8H14O2S2.Na.H/c9-8(10)4-2-1-3-7-5-6-11-12-7;;/h7H,1-6H2,(H,9,10);;/t7-;;/m1../s1. The second-order valence-corrected chi connectivity index (χ2v) is 5.76. The number of unbranched alkanes of at least 4 members (excludes halogenated alkanes) is 1. The summed E-state index contributed by atoms with van der Waals surface area (Å²) in [4.78, 5) is 10.2. The van der Waals surface area contributed by atoms with Crippen LogP contribution >= 0.6 is 21.6 Å². The molecule has 1 saturated heterocycles. The van der Waals surface area contributed by atoms with Crippen LogP contribution in [0.5, 0.6) is 0 Å². The van der Waals surface area contributed by atoms with Crippen molar-refractivity contribution in [2.75, 3.05) is 5.75 Å². The van der Waals surface area contributed by atoms with Crippen molar-refractivity contribution in [2.45, 2.75) is 37.4 Å². The van der Waals surface area contributed by atoms with Gasteiger partial charge in [-0.1, -0.05) is 28.0 Å². The van der Waals surface area contributed by atoms with Gasteiger partial charge in [0.1, 0.15) is 0 Å². The third-order valence-corrected chi connectivity index (χ3v) is 4.90. The summed E-state index contributed by atoms with van der Waals surface area (Å²) >= 11 is 0. The Bertz CT molecular complexity index is 149. The monoisotopic (exact) mass is 230 g/mol. The molecule has 72 valence electrons. The van der Waals surface area contributed by atoms with Crippen molar-refractivity contribution in [2.24, 2.45) is 0 Å². The van der Waals surface area contributed by atoms with Crippen LogP contribution in [0.4, 0.5) is 0 Å². The zero-order valence-electron chi connectivity index (χ0n) is 6.99. The Hall–Kier alpha value is 1.17. The SMILES string of the molecule is O=C(O)CCCC[C@@H]1CCSS1.[NaH]. The zero-order valence-corrected chi connectivity index (χ0v) is 8.62. The molecule has 0 aromatic rings. The van der Waals surface area contributed by atoms with E-state index < -0.39 is 5.97 Å². The number of carboxylic acids is 1. The maximum atomic E-state index is 10.2. The third-order valence-electron chi connectivity index (χ3n) is 1.89. The van der Waals surface area contributed by atoms with E-state index in [2.05, 4.69) is 0 Å². The van der Waals surface area contributed by atoms with E-state index in [0.29, 0.717) is 6.42 Å². The molecular formula is C8H15NaO2S2. The van der Waals surface area contributed by atoms with Crippen LogP contribution in [0.3, 0.4) is 0 Å². The molecule has 1 rings (SSSR count). The molecule has 0 aromatic heterocycles. The Labute approximate surface area is 109 Å². The summed E-state index contributed by atoms with van der Waals surface area (Å²) in [6, 6.07) is 0. The number of hydrogen-bond acceptors (Lipinski definition) is 3.